The van der Waals surface area contributed by atoms with Gasteiger partial charge in [0, 0.05) is 38.4 Å². The van der Waals surface area contributed by atoms with E-state index in [1.165, 1.54) is 32.1 Å². The van der Waals surface area contributed by atoms with E-state index in [0.29, 0.717) is 5.92 Å². The monoisotopic (exact) mass is 386 g/mol. The highest BCUT2D eigenvalue weighted by molar-refractivity contribution is 5.97. The molecule has 2 fully saturated rings. The van der Waals surface area contributed by atoms with Crippen LogP contribution in [0.25, 0.3) is 0 Å². The van der Waals surface area contributed by atoms with E-state index >= 15 is 0 Å². The molecule has 2 bridgehead atoms. The third-order valence-electron chi connectivity index (χ3n) is 6.68. The molecule has 1 aromatic rings. The maximum absolute atomic E-state index is 12.5. The summed E-state index contributed by atoms with van der Waals surface area (Å²) < 4.78 is 11.2. The molecule has 0 aromatic heterocycles. The molecule has 1 aromatic carbocycles. The second-order valence-electron chi connectivity index (χ2n) is 8.77. The number of nitrogens with zero attached hydrogens (tertiary/aromatic N) is 2. The van der Waals surface area contributed by atoms with E-state index in [0.717, 1.165) is 55.7 Å². The van der Waals surface area contributed by atoms with Gasteiger partial charge >= 0.3 is 0 Å². The van der Waals surface area contributed by atoms with Crippen molar-refractivity contribution in [3.05, 3.63) is 24.3 Å². The summed E-state index contributed by atoms with van der Waals surface area (Å²) in [7, 11) is 0. The first-order valence-electron chi connectivity index (χ1n) is 11.0. The molecule has 5 nitrogen and oxygen atoms in total. The van der Waals surface area contributed by atoms with Crippen LogP contribution >= 0.6 is 0 Å². The van der Waals surface area contributed by atoms with Crippen LogP contribution < -0.4 is 9.64 Å². The molecule has 0 spiro atoms. The average molecular weight is 387 g/mol. The Kier molecular flexibility index (Phi) is 6.22. The maximum atomic E-state index is 12.5. The number of para-hydroxylation sites is 2. The minimum absolute atomic E-state index is 0.0724. The molecular weight excluding hydrogens is 352 g/mol. The summed E-state index contributed by atoms with van der Waals surface area (Å²) in [5.74, 6) is 2.16. The van der Waals surface area contributed by atoms with Crippen molar-refractivity contribution in [2.75, 3.05) is 37.8 Å². The summed E-state index contributed by atoms with van der Waals surface area (Å²) in [6.45, 7) is 8.10. The van der Waals surface area contributed by atoms with Crippen LogP contribution in [0.3, 0.4) is 0 Å². The Hall–Kier alpha value is -1.59. The number of hydrogen-bond donors (Lipinski definition) is 0. The highest BCUT2D eigenvalue weighted by Crippen LogP contribution is 2.40. The van der Waals surface area contributed by atoms with E-state index in [2.05, 4.69) is 18.7 Å². The summed E-state index contributed by atoms with van der Waals surface area (Å²) in [6, 6.07) is 9.33. The van der Waals surface area contributed by atoms with Crippen LogP contribution in [0.4, 0.5) is 5.69 Å². The average Bonchev–Trinajstić information content (AvgIpc) is 2.92. The zero-order chi connectivity index (χ0) is 19.5. The van der Waals surface area contributed by atoms with Crippen molar-refractivity contribution in [3.8, 4) is 5.75 Å². The third-order valence-corrected chi connectivity index (χ3v) is 6.68. The van der Waals surface area contributed by atoms with Gasteiger partial charge in [0.1, 0.15) is 5.75 Å². The van der Waals surface area contributed by atoms with E-state index in [1.54, 1.807) is 0 Å². The molecule has 3 aliphatic rings. The third kappa shape index (κ3) is 4.20. The largest absolute Gasteiger partial charge is 0.482 e. The number of carbonyl (C=O) groups excluding carboxylic acids is 1. The lowest BCUT2D eigenvalue weighted by Crippen LogP contribution is -2.48. The molecule has 3 aliphatic heterocycles. The normalized spacial score (nSPS) is 28.1. The maximum Gasteiger partial charge on any atom is 0.265 e. The van der Waals surface area contributed by atoms with Gasteiger partial charge in [0.05, 0.1) is 5.69 Å². The van der Waals surface area contributed by atoms with Crippen molar-refractivity contribution in [3.63, 3.8) is 0 Å². The number of fused-ring (bicyclic) bond motifs is 3. The van der Waals surface area contributed by atoms with Gasteiger partial charge < -0.3 is 14.4 Å². The van der Waals surface area contributed by atoms with Crippen LogP contribution in [-0.4, -0.2) is 55.8 Å². The number of piperidine rings is 1. The fourth-order valence-corrected chi connectivity index (χ4v) is 5.40. The molecule has 0 radical (unpaired) electrons. The van der Waals surface area contributed by atoms with E-state index in [1.807, 2.05) is 29.2 Å². The number of amides is 1. The lowest BCUT2D eigenvalue weighted by atomic mass is 9.88. The first-order valence-corrected chi connectivity index (χ1v) is 11.0. The molecule has 3 heterocycles. The van der Waals surface area contributed by atoms with E-state index in [9.17, 15) is 4.79 Å². The predicted molar refractivity (Wildman–Crippen MR) is 111 cm³/mol. The van der Waals surface area contributed by atoms with Crippen LogP contribution in [0.5, 0.6) is 5.75 Å². The van der Waals surface area contributed by atoms with Crippen LogP contribution in [0, 0.1) is 11.8 Å². The van der Waals surface area contributed by atoms with Crippen LogP contribution in [0.15, 0.2) is 24.3 Å². The molecule has 2 unspecified atom stereocenters. The lowest BCUT2D eigenvalue weighted by Gasteiger charge is -2.41. The SMILES string of the molecule is CCOCCC1C[C@H]2CC[C@@H](C1)N2CC(C)CN1C(=O)COc2ccccc21. The Bertz CT molecular complexity index is 666. The van der Waals surface area contributed by atoms with Crippen LogP contribution in [0.2, 0.25) is 0 Å². The van der Waals surface area contributed by atoms with E-state index in [4.69, 9.17) is 9.47 Å². The van der Waals surface area contributed by atoms with Crippen molar-refractivity contribution in [1.82, 2.24) is 4.90 Å². The minimum atomic E-state index is 0.0724. The van der Waals surface area contributed by atoms with Crippen LogP contribution in [0.1, 0.15) is 46.0 Å². The number of benzene rings is 1. The smallest absolute Gasteiger partial charge is 0.265 e. The molecule has 28 heavy (non-hydrogen) atoms. The fraction of sp³-hybridized carbons (Fsp3) is 0.696. The zero-order valence-electron chi connectivity index (χ0n) is 17.3. The molecular formula is C23H34N2O3. The standard InChI is InChI=1S/C23H34N2O3/c1-3-27-11-10-18-12-19-8-9-20(13-18)24(19)14-17(2)15-25-21-6-4-5-7-22(21)28-16-23(25)26/h4-7,17-20H,3,8-16H2,1-2H3/t17?,18?,19-,20+. The summed E-state index contributed by atoms with van der Waals surface area (Å²) in [5, 5.41) is 0. The molecule has 0 saturated carbocycles. The first kappa shape index (κ1) is 19.7. The molecule has 154 valence electrons. The number of rotatable bonds is 8. The molecule has 4 atom stereocenters. The van der Waals surface area contributed by atoms with Crippen molar-refractivity contribution in [2.45, 2.75) is 58.0 Å². The molecule has 5 heteroatoms. The van der Waals surface area contributed by atoms with Crippen LogP contribution in [-0.2, 0) is 9.53 Å². The molecule has 4 rings (SSSR count). The van der Waals surface area contributed by atoms with Gasteiger partial charge in [0.25, 0.3) is 5.91 Å². The van der Waals surface area contributed by atoms with Gasteiger partial charge in [-0.3, -0.25) is 9.69 Å². The second kappa shape index (κ2) is 8.83. The highest BCUT2D eigenvalue weighted by Gasteiger charge is 2.41. The number of ether oxygens (including phenoxy) is 2. The zero-order valence-corrected chi connectivity index (χ0v) is 17.3. The summed E-state index contributed by atoms with van der Waals surface area (Å²) in [5.41, 5.74) is 0.920. The summed E-state index contributed by atoms with van der Waals surface area (Å²) in [4.78, 5) is 17.1. The van der Waals surface area contributed by atoms with Crippen molar-refractivity contribution >= 4 is 11.6 Å². The number of carbonyl (C=O) groups is 1. The summed E-state index contributed by atoms with van der Waals surface area (Å²) >= 11 is 0. The van der Waals surface area contributed by atoms with Gasteiger partial charge in [-0.2, -0.15) is 0 Å². The van der Waals surface area contributed by atoms with Gasteiger partial charge in [0.2, 0.25) is 0 Å². The minimum Gasteiger partial charge on any atom is -0.482 e. The van der Waals surface area contributed by atoms with Gasteiger partial charge in [0.15, 0.2) is 6.61 Å². The van der Waals surface area contributed by atoms with Gasteiger partial charge in [-0.05, 0) is 63.0 Å². The molecule has 0 N–H and O–H groups in total. The van der Waals surface area contributed by atoms with Crippen molar-refractivity contribution < 1.29 is 14.3 Å². The Morgan fingerprint density at radius 1 is 1.18 bits per heavy atom. The Morgan fingerprint density at radius 2 is 1.93 bits per heavy atom. The predicted octanol–water partition coefficient (Wildman–Crippen LogP) is 3.72. The van der Waals surface area contributed by atoms with Gasteiger partial charge in [-0.25, -0.2) is 0 Å². The molecule has 0 aliphatic carbocycles. The first-order chi connectivity index (χ1) is 13.7. The molecule has 1 amide bonds. The van der Waals surface area contributed by atoms with E-state index < -0.39 is 0 Å². The fourth-order valence-electron chi connectivity index (χ4n) is 5.40. The molecule has 2 saturated heterocycles. The Morgan fingerprint density at radius 3 is 2.68 bits per heavy atom. The van der Waals surface area contributed by atoms with E-state index in [-0.39, 0.29) is 12.5 Å². The second-order valence-corrected chi connectivity index (χ2v) is 8.77. The lowest BCUT2D eigenvalue weighted by molar-refractivity contribution is -0.121. The van der Waals surface area contributed by atoms with Gasteiger partial charge in [-0.15, -0.1) is 0 Å². The Balaban J connectivity index is 1.34. The number of anilines is 1. The topological polar surface area (TPSA) is 42.0 Å². The highest BCUT2D eigenvalue weighted by atomic mass is 16.5. The van der Waals surface area contributed by atoms with Crippen molar-refractivity contribution in [1.29, 1.82) is 0 Å². The Labute approximate surface area is 169 Å². The quantitative estimate of drug-likeness (QED) is 0.639. The summed E-state index contributed by atoms with van der Waals surface area (Å²) in [6.07, 6.45) is 6.51. The van der Waals surface area contributed by atoms with Crippen molar-refractivity contribution in [2.24, 2.45) is 11.8 Å². The number of hydrogen-bond acceptors (Lipinski definition) is 4. The van der Waals surface area contributed by atoms with Gasteiger partial charge in [-0.1, -0.05) is 19.1 Å².